The van der Waals surface area contributed by atoms with Gasteiger partial charge in [0.15, 0.2) is 5.69 Å². The number of halogens is 1. The Morgan fingerprint density at radius 2 is 1.89 bits per heavy atom. The predicted molar refractivity (Wildman–Crippen MR) is 72.6 cm³/mol. The molecule has 5 heteroatoms. The highest BCUT2D eigenvalue weighted by atomic mass is 35.5. The maximum atomic E-state index is 11.1. The van der Waals surface area contributed by atoms with E-state index in [1.54, 1.807) is 0 Å². The van der Waals surface area contributed by atoms with Crippen molar-refractivity contribution in [3.8, 4) is 0 Å². The number of hydrogen-bond donors (Lipinski definition) is 1. The fourth-order valence-electron chi connectivity index (χ4n) is 1.80. The minimum absolute atomic E-state index is 0.0418. The third-order valence-corrected chi connectivity index (χ3v) is 3.28. The van der Waals surface area contributed by atoms with E-state index in [-0.39, 0.29) is 10.7 Å². The maximum absolute atomic E-state index is 11.1. The number of benzene rings is 1. The van der Waals surface area contributed by atoms with Crippen LogP contribution in [0.1, 0.15) is 35.7 Å². The van der Waals surface area contributed by atoms with E-state index in [4.69, 9.17) is 16.7 Å². The Bertz CT molecular complexity index is 612. The van der Waals surface area contributed by atoms with E-state index in [1.165, 1.54) is 6.20 Å². The highest BCUT2D eigenvalue weighted by Crippen LogP contribution is 2.29. The molecule has 1 aromatic carbocycles. The quantitative estimate of drug-likeness (QED) is 0.935. The molecule has 0 saturated heterocycles. The van der Waals surface area contributed by atoms with Gasteiger partial charge in [0.25, 0.3) is 0 Å². The van der Waals surface area contributed by atoms with E-state index in [2.05, 4.69) is 9.97 Å². The first-order valence-electron chi connectivity index (χ1n) is 5.75. The lowest BCUT2D eigenvalue weighted by Gasteiger charge is -2.23. The van der Waals surface area contributed by atoms with Crippen LogP contribution < -0.4 is 0 Å². The first kappa shape index (κ1) is 13.5. The summed E-state index contributed by atoms with van der Waals surface area (Å²) in [5.74, 6) is -0.724. The first-order valence-corrected chi connectivity index (χ1v) is 6.12. The van der Waals surface area contributed by atoms with E-state index in [0.717, 1.165) is 5.56 Å². The molecule has 1 aromatic heterocycles. The van der Waals surface area contributed by atoms with Crippen LogP contribution in [-0.2, 0) is 5.41 Å². The summed E-state index contributed by atoms with van der Waals surface area (Å²) in [6.07, 6.45) is 1.33. The van der Waals surface area contributed by atoms with E-state index in [1.807, 2.05) is 44.2 Å². The Morgan fingerprint density at radius 1 is 1.26 bits per heavy atom. The van der Waals surface area contributed by atoms with Crippen molar-refractivity contribution in [2.45, 2.75) is 19.3 Å². The third kappa shape index (κ3) is 2.58. The van der Waals surface area contributed by atoms with E-state index >= 15 is 0 Å². The van der Waals surface area contributed by atoms with Gasteiger partial charge in [-0.05, 0) is 19.4 Å². The smallest absolute Gasteiger partial charge is 0.356 e. The number of aromatic nitrogens is 2. The lowest BCUT2D eigenvalue weighted by Crippen LogP contribution is -2.23. The van der Waals surface area contributed by atoms with Crippen molar-refractivity contribution in [2.24, 2.45) is 0 Å². The summed E-state index contributed by atoms with van der Waals surface area (Å²) >= 11 is 5.78. The predicted octanol–water partition coefficient (Wildman–Crippen LogP) is 3.15. The van der Waals surface area contributed by atoms with Gasteiger partial charge in [-0.2, -0.15) is 0 Å². The number of rotatable bonds is 3. The summed E-state index contributed by atoms with van der Waals surface area (Å²) in [5, 5.41) is 9.09. The molecule has 1 heterocycles. The van der Waals surface area contributed by atoms with Crippen molar-refractivity contribution in [1.82, 2.24) is 9.97 Å². The van der Waals surface area contributed by atoms with Gasteiger partial charge >= 0.3 is 5.97 Å². The maximum Gasteiger partial charge on any atom is 0.356 e. The highest BCUT2D eigenvalue weighted by Gasteiger charge is 2.27. The Morgan fingerprint density at radius 3 is 2.47 bits per heavy atom. The van der Waals surface area contributed by atoms with Gasteiger partial charge in [-0.3, -0.25) is 0 Å². The molecule has 98 valence electrons. The number of carboxylic acids is 1. The standard InChI is InChI=1S/C14H13ClN2O2/c1-14(2,9-6-4-3-5-7-9)13-16-8-10(15)11(17-13)12(18)19/h3-8H,1-2H3,(H,18,19). The van der Waals surface area contributed by atoms with Gasteiger partial charge < -0.3 is 5.11 Å². The molecule has 0 saturated carbocycles. The molecule has 4 nitrogen and oxygen atoms in total. The SMILES string of the molecule is CC(C)(c1ccccc1)c1ncc(Cl)c(C(=O)O)n1. The van der Waals surface area contributed by atoms with Crippen LogP contribution in [-0.4, -0.2) is 21.0 Å². The van der Waals surface area contributed by atoms with E-state index < -0.39 is 11.4 Å². The molecule has 0 radical (unpaired) electrons. The minimum Gasteiger partial charge on any atom is -0.476 e. The molecule has 0 amide bonds. The van der Waals surface area contributed by atoms with Crippen LogP contribution in [0.5, 0.6) is 0 Å². The zero-order chi connectivity index (χ0) is 14.0. The topological polar surface area (TPSA) is 63.1 Å². The summed E-state index contributed by atoms with van der Waals surface area (Å²) in [5.41, 5.74) is 0.347. The van der Waals surface area contributed by atoms with Crippen LogP contribution in [0.3, 0.4) is 0 Å². The zero-order valence-electron chi connectivity index (χ0n) is 10.6. The summed E-state index contributed by atoms with van der Waals surface area (Å²) in [7, 11) is 0. The van der Waals surface area contributed by atoms with Crippen molar-refractivity contribution < 1.29 is 9.90 Å². The average molecular weight is 277 g/mol. The summed E-state index contributed by atoms with van der Waals surface area (Å²) in [6.45, 7) is 3.88. The second-order valence-corrected chi connectivity index (χ2v) is 5.09. The fraction of sp³-hybridized carbons (Fsp3) is 0.214. The van der Waals surface area contributed by atoms with Crippen molar-refractivity contribution in [3.05, 3.63) is 58.6 Å². The van der Waals surface area contributed by atoms with Crippen LogP contribution in [0, 0.1) is 0 Å². The number of carbonyl (C=O) groups is 1. The summed E-state index contributed by atoms with van der Waals surface area (Å²) < 4.78 is 0. The molecule has 2 aromatic rings. The average Bonchev–Trinajstić information content (AvgIpc) is 2.39. The number of nitrogens with zero attached hydrogens (tertiary/aromatic N) is 2. The molecule has 0 spiro atoms. The van der Waals surface area contributed by atoms with Crippen molar-refractivity contribution >= 4 is 17.6 Å². The molecule has 0 atom stereocenters. The molecular formula is C14H13ClN2O2. The highest BCUT2D eigenvalue weighted by molar-refractivity contribution is 6.33. The van der Waals surface area contributed by atoms with Crippen LogP contribution in [0.2, 0.25) is 5.02 Å². The van der Waals surface area contributed by atoms with E-state index in [0.29, 0.717) is 5.82 Å². The molecular weight excluding hydrogens is 264 g/mol. The molecule has 0 fully saturated rings. The van der Waals surface area contributed by atoms with Crippen LogP contribution in [0.25, 0.3) is 0 Å². The van der Waals surface area contributed by atoms with Gasteiger partial charge in [0.05, 0.1) is 11.2 Å². The molecule has 0 aliphatic heterocycles. The summed E-state index contributed by atoms with van der Waals surface area (Å²) in [4.78, 5) is 19.3. The fourth-order valence-corrected chi connectivity index (χ4v) is 1.97. The Kier molecular flexibility index (Phi) is 3.53. The van der Waals surface area contributed by atoms with Gasteiger partial charge in [0.1, 0.15) is 5.82 Å². The molecule has 0 bridgehead atoms. The van der Waals surface area contributed by atoms with Gasteiger partial charge in [-0.15, -0.1) is 0 Å². The lowest BCUT2D eigenvalue weighted by molar-refractivity contribution is 0.0690. The molecule has 1 N–H and O–H groups in total. The van der Waals surface area contributed by atoms with Gasteiger partial charge in [-0.25, -0.2) is 14.8 Å². The Hall–Kier alpha value is -1.94. The van der Waals surface area contributed by atoms with Crippen LogP contribution >= 0.6 is 11.6 Å². The van der Waals surface area contributed by atoms with Crippen molar-refractivity contribution in [1.29, 1.82) is 0 Å². The zero-order valence-corrected chi connectivity index (χ0v) is 11.3. The molecule has 0 unspecified atom stereocenters. The monoisotopic (exact) mass is 276 g/mol. The van der Waals surface area contributed by atoms with Gasteiger partial charge in [-0.1, -0.05) is 41.9 Å². The largest absolute Gasteiger partial charge is 0.476 e. The third-order valence-electron chi connectivity index (χ3n) is 3.00. The first-order chi connectivity index (χ1) is 8.93. The van der Waals surface area contributed by atoms with Gasteiger partial charge in [0, 0.05) is 5.41 Å². The van der Waals surface area contributed by atoms with Crippen LogP contribution in [0.4, 0.5) is 0 Å². The molecule has 19 heavy (non-hydrogen) atoms. The normalized spacial score (nSPS) is 11.3. The number of aromatic carboxylic acids is 1. The van der Waals surface area contributed by atoms with Crippen molar-refractivity contribution in [3.63, 3.8) is 0 Å². The second kappa shape index (κ2) is 4.97. The Balaban J connectivity index is 2.53. The van der Waals surface area contributed by atoms with Crippen LogP contribution in [0.15, 0.2) is 36.5 Å². The molecule has 2 rings (SSSR count). The molecule has 0 aliphatic carbocycles. The number of carboxylic acid groups (broad SMARTS) is 1. The Labute approximate surface area is 116 Å². The lowest BCUT2D eigenvalue weighted by atomic mass is 9.84. The van der Waals surface area contributed by atoms with Gasteiger partial charge in [0.2, 0.25) is 0 Å². The minimum atomic E-state index is -1.16. The molecule has 0 aliphatic rings. The summed E-state index contributed by atoms with van der Waals surface area (Å²) in [6, 6.07) is 9.68. The van der Waals surface area contributed by atoms with E-state index in [9.17, 15) is 4.79 Å². The second-order valence-electron chi connectivity index (χ2n) is 4.69. The number of hydrogen-bond acceptors (Lipinski definition) is 3. The van der Waals surface area contributed by atoms with Crippen molar-refractivity contribution in [2.75, 3.05) is 0 Å².